The lowest BCUT2D eigenvalue weighted by Gasteiger charge is -2.08. The van der Waals surface area contributed by atoms with Gasteiger partial charge in [0.2, 0.25) is 0 Å². The second kappa shape index (κ2) is 8.19. The van der Waals surface area contributed by atoms with Crippen molar-refractivity contribution in [3.63, 3.8) is 0 Å². The van der Waals surface area contributed by atoms with Gasteiger partial charge in [-0.15, -0.1) is 0 Å². The fourth-order valence-electron chi connectivity index (χ4n) is 2.83. The van der Waals surface area contributed by atoms with Crippen LogP contribution in [0.25, 0.3) is 10.2 Å². The van der Waals surface area contributed by atoms with E-state index in [-0.39, 0.29) is 17.2 Å². The molecule has 0 atom stereocenters. The number of aromatic nitrogens is 1. The summed E-state index contributed by atoms with van der Waals surface area (Å²) in [6.07, 6.45) is 0.112. The molecule has 0 saturated heterocycles. The number of rotatable bonds is 5. The van der Waals surface area contributed by atoms with E-state index in [1.165, 1.54) is 11.3 Å². The normalized spacial score (nSPS) is 12.8. The summed E-state index contributed by atoms with van der Waals surface area (Å²) in [5.41, 5.74) is 1.72. The van der Waals surface area contributed by atoms with Crippen LogP contribution in [0, 0.1) is 0 Å². The Kier molecular flexibility index (Phi) is 6.07. The van der Waals surface area contributed by atoms with E-state index < -0.39 is 15.1 Å². The highest BCUT2D eigenvalue weighted by Crippen LogP contribution is 2.22. The van der Waals surface area contributed by atoms with E-state index >= 15 is 0 Å². The van der Waals surface area contributed by atoms with E-state index in [1.54, 1.807) is 38.1 Å². The Labute approximate surface area is 173 Å². The molecule has 1 heterocycles. The van der Waals surface area contributed by atoms with Gasteiger partial charge in [-0.05, 0) is 56.7 Å². The van der Waals surface area contributed by atoms with E-state index in [2.05, 4.69) is 4.99 Å². The molecule has 0 fully saturated rings. The van der Waals surface area contributed by atoms with Gasteiger partial charge in [-0.3, -0.25) is 4.79 Å². The molecule has 0 aliphatic carbocycles. The highest BCUT2D eigenvalue weighted by atomic mass is 35.5. The van der Waals surface area contributed by atoms with Crippen LogP contribution in [-0.4, -0.2) is 24.1 Å². The van der Waals surface area contributed by atoms with Gasteiger partial charge in [0.1, 0.15) is 0 Å². The van der Waals surface area contributed by atoms with Crippen molar-refractivity contribution in [1.29, 1.82) is 0 Å². The van der Waals surface area contributed by atoms with Crippen LogP contribution >= 0.6 is 22.9 Å². The van der Waals surface area contributed by atoms with E-state index in [0.717, 1.165) is 15.8 Å². The fourth-order valence-corrected chi connectivity index (χ4v) is 5.28. The zero-order valence-electron chi connectivity index (χ0n) is 15.8. The first-order valence-electron chi connectivity index (χ1n) is 8.91. The Hall–Kier alpha value is -1.96. The molecule has 1 amide bonds. The van der Waals surface area contributed by atoms with Crippen molar-refractivity contribution >= 4 is 48.9 Å². The smallest absolute Gasteiger partial charge is 0.252 e. The van der Waals surface area contributed by atoms with Crippen molar-refractivity contribution < 1.29 is 13.2 Å². The minimum Gasteiger partial charge on any atom is -0.317 e. The number of halogens is 1. The number of hydrogen-bond donors (Lipinski definition) is 0. The first kappa shape index (κ1) is 20.8. The SMILES string of the molecule is CCn1c(=NC(=O)Cc2ccc(S(=O)(=O)C(C)C)cc2)sc2cc(Cl)ccc21. The molecule has 0 saturated carbocycles. The molecule has 28 heavy (non-hydrogen) atoms. The third-order valence-corrected chi connectivity index (χ3v) is 7.86. The Morgan fingerprint density at radius 2 is 1.86 bits per heavy atom. The predicted octanol–water partition coefficient (Wildman–Crippen LogP) is 4.23. The minimum absolute atomic E-state index is 0.112. The third-order valence-electron chi connectivity index (χ3n) is 4.41. The summed E-state index contributed by atoms with van der Waals surface area (Å²) < 4.78 is 27.3. The van der Waals surface area contributed by atoms with Crippen LogP contribution in [0.1, 0.15) is 26.3 Å². The number of carbonyl (C=O) groups is 1. The van der Waals surface area contributed by atoms with Crippen molar-refractivity contribution in [2.75, 3.05) is 0 Å². The maximum atomic E-state index is 12.5. The molecule has 2 aromatic carbocycles. The number of amides is 1. The number of hydrogen-bond acceptors (Lipinski definition) is 4. The molecule has 0 unspecified atom stereocenters. The molecular formula is C20H21ClN2O3S2. The van der Waals surface area contributed by atoms with Gasteiger partial charge in [0, 0.05) is 11.6 Å². The summed E-state index contributed by atoms with van der Waals surface area (Å²) in [5.74, 6) is -0.278. The van der Waals surface area contributed by atoms with Crippen molar-refractivity contribution in [2.45, 2.75) is 43.9 Å². The highest BCUT2D eigenvalue weighted by molar-refractivity contribution is 7.92. The van der Waals surface area contributed by atoms with Gasteiger partial charge in [-0.2, -0.15) is 4.99 Å². The Bertz CT molecular complexity index is 1190. The topological polar surface area (TPSA) is 68.5 Å². The summed E-state index contributed by atoms with van der Waals surface area (Å²) in [6, 6.07) is 12.0. The maximum absolute atomic E-state index is 12.5. The van der Waals surface area contributed by atoms with Gasteiger partial charge in [0.15, 0.2) is 14.6 Å². The molecule has 0 N–H and O–H groups in total. The van der Waals surface area contributed by atoms with Gasteiger partial charge >= 0.3 is 0 Å². The molecule has 0 aliphatic heterocycles. The van der Waals surface area contributed by atoms with E-state index in [0.29, 0.717) is 16.4 Å². The second-order valence-electron chi connectivity index (χ2n) is 6.66. The van der Waals surface area contributed by atoms with Crippen LogP contribution in [0.3, 0.4) is 0 Å². The summed E-state index contributed by atoms with van der Waals surface area (Å²) in [7, 11) is -3.32. The molecule has 0 bridgehead atoms. The first-order chi connectivity index (χ1) is 13.2. The third kappa shape index (κ3) is 4.21. The summed E-state index contributed by atoms with van der Waals surface area (Å²) in [4.78, 5) is 17.6. The lowest BCUT2D eigenvalue weighted by Crippen LogP contribution is -2.16. The molecule has 1 aromatic heterocycles. The number of fused-ring (bicyclic) bond motifs is 1. The Morgan fingerprint density at radius 3 is 2.46 bits per heavy atom. The zero-order chi connectivity index (χ0) is 20.5. The van der Waals surface area contributed by atoms with Crippen molar-refractivity contribution in [3.8, 4) is 0 Å². The highest BCUT2D eigenvalue weighted by Gasteiger charge is 2.18. The van der Waals surface area contributed by atoms with Gasteiger partial charge in [-0.25, -0.2) is 8.42 Å². The largest absolute Gasteiger partial charge is 0.317 e. The van der Waals surface area contributed by atoms with E-state index in [9.17, 15) is 13.2 Å². The molecule has 8 heteroatoms. The lowest BCUT2D eigenvalue weighted by molar-refractivity contribution is -0.117. The van der Waals surface area contributed by atoms with Crippen LogP contribution in [-0.2, 0) is 27.6 Å². The van der Waals surface area contributed by atoms with Crippen LogP contribution in [0.5, 0.6) is 0 Å². The predicted molar refractivity (Wildman–Crippen MR) is 114 cm³/mol. The molecule has 3 rings (SSSR count). The second-order valence-corrected chi connectivity index (χ2v) is 10.6. The van der Waals surface area contributed by atoms with Crippen molar-refractivity contribution in [2.24, 2.45) is 4.99 Å². The standard InChI is InChI=1S/C20H21ClN2O3S2/c1-4-23-17-10-7-15(21)12-18(17)27-20(23)22-19(24)11-14-5-8-16(9-6-14)28(25,26)13(2)3/h5-10,12-13H,4,11H2,1-3H3. The van der Waals surface area contributed by atoms with Gasteiger partial charge in [0.05, 0.1) is 26.8 Å². The maximum Gasteiger partial charge on any atom is 0.252 e. The Morgan fingerprint density at radius 1 is 1.18 bits per heavy atom. The van der Waals surface area contributed by atoms with Crippen molar-refractivity contribution in [3.05, 3.63) is 57.9 Å². The van der Waals surface area contributed by atoms with Crippen LogP contribution in [0.15, 0.2) is 52.4 Å². The average Bonchev–Trinajstić information content (AvgIpc) is 2.97. The lowest BCUT2D eigenvalue weighted by atomic mass is 10.1. The summed E-state index contributed by atoms with van der Waals surface area (Å²) >= 11 is 7.48. The van der Waals surface area contributed by atoms with Crippen LogP contribution in [0.4, 0.5) is 0 Å². The molecule has 148 valence electrons. The monoisotopic (exact) mass is 436 g/mol. The van der Waals surface area contributed by atoms with Gasteiger partial charge in [0.25, 0.3) is 5.91 Å². The molecular weight excluding hydrogens is 416 g/mol. The Balaban J connectivity index is 1.87. The number of sulfone groups is 1. The number of aryl methyl sites for hydroxylation is 1. The number of carbonyl (C=O) groups excluding carboxylic acids is 1. The number of nitrogens with zero attached hydrogens (tertiary/aromatic N) is 2. The zero-order valence-corrected chi connectivity index (χ0v) is 18.2. The fraction of sp³-hybridized carbons (Fsp3) is 0.300. The van der Waals surface area contributed by atoms with Crippen molar-refractivity contribution in [1.82, 2.24) is 4.57 Å². The molecule has 5 nitrogen and oxygen atoms in total. The van der Waals surface area contributed by atoms with Crippen LogP contribution < -0.4 is 4.80 Å². The number of thiazole rings is 1. The van der Waals surface area contributed by atoms with E-state index in [1.807, 2.05) is 29.7 Å². The van der Waals surface area contributed by atoms with E-state index in [4.69, 9.17) is 11.6 Å². The van der Waals surface area contributed by atoms with Gasteiger partial charge in [-0.1, -0.05) is 35.1 Å². The molecule has 0 aliphatic rings. The number of benzene rings is 2. The average molecular weight is 437 g/mol. The quantitative estimate of drug-likeness (QED) is 0.601. The summed E-state index contributed by atoms with van der Waals surface area (Å²) in [6.45, 7) is 5.98. The van der Waals surface area contributed by atoms with Gasteiger partial charge < -0.3 is 4.57 Å². The molecule has 0 radical (unpaired) electrons. The first-order valence-corrected chi connectivity index (χ1v) is 11.7. The van der Waals surface area contributed by atoms with Crippen LogP contribution in [0.2, 0.25) is 5.02 Å². The minimum atomic E-state index is -3.32. The molecule has 0 spiro atoms. The molecule has 3 aromatic rings. The summed E-state index contributed by atoms with van der Waals surface area (Å²) in [5, 5.41) is 0.159.